The van der Waals surface area contributed by atoms with Gasteiger partial charge in [-0.1, -0.05) is 30.3 Å². The van der Waals surface area contributed by atoms with Crippen LogP contribution in [0.25, 0.3) is 22.3 Å². The minimum atomic E-state index is -0.595. The van der Waals surface area contributed by atoms with Gasteiger partial charge in [0, 0.05) is 31.0 Å². The van der Waals surface area contributed by atoms with Crippen LogP contribution in [-0.2, 0) is 17.5 Å². The lowest BCUT2D eigenvalue weighted by Gasteiger charge is -2.25. The summed E-state index contributed by atoms with van der Waals surface area (Å²) >= 11 is 4.52. The number of aromatic nitrogens is 3. The summed E-state index contributed by atoms with van der Waals surface area (Å²) in [5.41, 5.74) is 3.68. The minimum absolute atomic E-state index is 0.462. The molecule has 0 N–H and O–H groups in total. The van der Waals surface area contributed by atoms with Crippen LogP contribution in [0, 0.1) is 0 Å². The molecule has 0 unspecified atom stereocenters. The van der Waals surface area contributed by atoms with Crippen LogP contribution in [0.5, 0.6) is 0 Å². The molecule has 0 radical (unpaired) electrons. The molecule has 1 aromatic carbocycles. The van der Waals surface area contributed by atoms with Gasteiger partial charge in [-0.15, -0.1) is 0 Å². The van der Waals surface area contributed by atoms with Gasteiger partial charge in [-0.2, -0.15) is 12.6 Å². The number of pyridine rings is 1. The lowest BCUT2D eigenvalue weighted by molar-refractivity contribution is 0.0588. The van der Waals surface area contributed by atoms with E-state index in [1.165, 1.54) is 4.90 Å². The zero-order valence-electron chi connectivity index (χ0n) is 16.2. The lowest BCUT2D eigenvalue weighted by atomic mass is 10.1. The number of imidazole rings is 1. The Hall–Kier alpha value is -2.54. The number of hydrogen-bond acceptors (Lipinski definition) is 5. The van der Waals surface area contributed by atoms with Crippen LogP contribution in [-0.4, -0.2) is 33.3 Å². The predicted octanol–water partition coefficient (Wildman–Crippen LogP) is 4.44. The van der Waals surface area contributed by atoms with Gasteiger partial charge in [0.05, 0.1) is 17.5 Å². The Kier molecular flexibility index (Phi) is 5.15. The number of fused-ring (bicyclic) bond motifs is 1. The lowest BCUT2D eigenvalue weighted by Crippen LogP contribution is -2.34. The smallest absolute Gasteiger partial charge is 0.415 e. The number of thiol groups is 1. The van der Waals surface area contributed by atoms with Crippen molar-refractivity contribution < 1.29 is 9.53 Å². The van der Waals surface area contributed by atoms with E-state index in [1.54, 1.807) is 13.4 Å². The Morgan fingerprint density at radius 1 is 1.26 bits per heavy atom. The van der Waals surface area contributed by atoms with Crippen molar-refractivity contribution in [2.75, 3.05) is 11.9 Å². The van der Waals surface area contributed by atoms with Crippen LogP contribution in [0.4, 0.5) is 10.6 Å². The van der Waals surface area contributed by atoms with Crippen LogP contribution in [0.3, 0.4) is 0 Å². The highest BCUT2D eigenvalue weighted by molar-refractivity contribution is 7.79. The molecular formula is C20H24N4O2S. The summed E-state index contributed by atoms with van der Waals surface area (Å²) in [5.74, 6) is 0.966. The van der Waals surface area contributed by atoms with Gasteiger partial charge in [-0.05, 0) is 20.8 Å². The summed E-state index contributed by atoms with van der Waals surface area (Å²) in [6.45, 7) is 5.51. The normalized spacial score (nSPS) is 11.6. The number of carbonyl (C=O) groups is 1. The van der Waals surface area contributed by atoms with Crippen LogP contribution in [0.15, 0.2) is 36.7 Å². The highest BCUT2D eigenvalue weighted by Crippen LogP contribution is 2.34. The van der Waals surface area contributed by atoms with E-state index in [4.69, 9.17) is 9.72 Å². The third-order valence-corrected chi connectivity index (χ3v) is 4.44. The Morgan fingerprint density at radius 2 is 1.93 bits per heavy atom. The number of ether oxygens (including phenoxy) is 1. The van der Waals surface area contributed by atoms with Crippen molar-refractivity contribution in [3.63, 3.8) is 0 Å². The number of aryl methyl sites for hydroxylation is 1. The number of hydrogen-bond donors (Lipinski definition) is 1. The number of nitrogens with zero attached hydrogens (tertiary/aromatic N) is 4. The second-order valence-corrected chi connectivity index (χ2v) is 7.69. The largest absolute Gasteiger partial charge is 0.443 e. The summed E-state index contributed by atoms with van der Waals surface area (Å²) in [7, 11) is 3.58. The molecule has 0 atom stereocenters. The summed E-state index contributed by atoms with van der Waals surface area (Å²) in [6.07, 6.45) is 1.25. The molecule has 0 saturated carbocycles. The van der Waals surface area contributed by atoms with Gasteiger partial charge in [0.2, 0.25) is 0 Å². The summed E-state index contributed by atoms with van der Waals surface area (Å²) in [5, 5.41) is 0. The summed E-state index contributed by atoms with van der Waals surface area (Å²) in [6, 6.07) is 9.87. The summed E-state index contributed by atoms with van der Waals surface area (Å²) < 4.78 is 7.44. The van der Waals surface area contributed by atoms with Crippen molar-refractivity contribution in [1.29, 1.82) is 0 Å². The Labute approximate surface area is 164 Å². The van der Waals surface area contributed by atoms with Crippen molar-refractivity contribution in [2.24, 2.45) is 7.05 Å². The first-order chi connectivity index (χ1) is 12.7. The van der Waals surface area contributed by atoms with E-state index < -0.39 is 11.7 Å². The topological polar surface area (TPSA) is 60.3 Å². The van der Waals surface area contributed by atoms with Crippen molar-refractivity contribution in [1.82, 2.24) is 14.5 Å². The first kappa shape index (κ1) is 19.2. The molecule has 0 bridgehead atoms. The molecule has 3 aromatic rings. The standard InChI is InChI=1S/C20H24N4O2S/c1-20(2,3)26-19(25)24(5)18-16-17(23(4)12-21-16)14(11-27)15(22-18)13-9-7-6-8-10-13/h6-10,12,27H,11H2,1-5H3. The number of benzene rings is 1. The van der Waals surface area contributed by atoms with Crippen LogP contribution in [0.2, 0.25) is 0 Å². The van der Waals surface area contributed by atoms with E-state index in [2.05, 4.69) is 17.6 Å². The van der Waals surface area contributed by atoms with E-state index in [-0.39, 0.29) is 0 Å². The monoisotopic (exact) mass is 384 g/mol. The molecular weight excluding hydrogens is 360 g/mol. The Morgan fingerprint density at radius 3 is 2.52 bits per heavy atom. The molecule has 3 rings (SSSR count). The molecule has 6 nitrogen and oxygen atoms in total. The van der Waals surface area contributed by atoms with Crippen LogP contribution >= 0.6 is 12.6 Å². The zero-order chi connectivity index (χ0) is 19.8. The average Bonchev–Trinajstić information content (AvgIpc) is 3.01. The van der Waals surface area contributed by atoms with Crippen molar-refractivity contribution in [3.05, 3.63) is 42.2 Å². The third-order valence-electron chi connectivity index (χ3n) is 4.13. The molecule has 2 heterocycles. The first-order valence-electron chi connectivity index (χ1n) is 8.70. The van der Waals surface area contributed by atoms with Crippen molar-refractivity contribution in [3.8, 4) is 11.3 Å². The second kappa shape index (κ2) is 7.23. The molecule has 2 aromatic heterocycles. The molecule has 0 spiro atoms. The van der Waals surface area contributed by atoms with Gasteiger partial charge in [-0.25, -0.2) is 14.8 Å². The predicted molar refractivity (Wildman–Crippen MR) is 111 cm³/mol. The zero-order valence-corrected chi connectivity index (χ0v) is 17.1. The maximum atomic E-state index is 12.6. The number of anilines is 1. The van der Waals surface area contributed by atoms with Gasteiger partial charge < -0.3 is 9.30 Å². The first-order valence-corrected chi connectivity index (χ1v) is 9.33. The fourth-order valence-electron chi connectivity index (χ4n) is 2.92. The van der Waals surface area contributed by atoms with E-state index in [0.717, 1.165) is 22.3 Å². The molecule has 1 amide bonds. The van der Waals surface area contributed by atoms with Gasteiger partial charge >= 0.3 is 6.09 Å². The highest BCUT2D eigenvalue weighted by atomic mass is 32.1. The average molecular weight is 385 g/mol. The minimum Gasteiger partial charge on any atom is -0.443 e. The van der Waals surface area contributed by atoms with Gasteiger partial charge in [0.1, 0.15) is 11.1 Å². The summed E-state index contributed by atoms with van der Waals surface area (Å²) in [4.78, 5) is 23.3. The number of carbonyl (C=O) groups excluding carboxylic acids is 1. The van der Waals surface area contributed by atoms with Crippen molar-refractivity contribution >= 4 is 35.6 Å². The van der Waals surface area contributed by atoms with Gasteiger partial charge in [-0.3, -0.25) is 4.90 Å². The van der Waals surface area contributed by atoms with E-state index in [0.29, 0.717) is 17.1 Å². The quantitative estimate of drug-likeness (QED) is 0.679. The molecule has 0 aliphatic rings. The highest BCUT2D eigenvalue weighted by Gasteiger charge is 2.26. The fourth-order valence-corrected chi connectivity index (χ4v) is 3.22. The van der Waals surface area contributed by atoms with Crippen LogP contribution < -0.4 is 4.90 Å². The Bertz CT molecular complexity index is 977. The molecule has 0 saturated heterocycles. The Balaban J connectivity index is 2.23. The molecule has 0 aliphatic carbocycles. The van der Waals surface area contributed by atoms with E-state index in [9.17, 15) is 4.79 Å². The van der Waals surface area contributed by atoms with Gasteiger partial charge in [0.25, 0.3) is 0 Å². The third kappa shape index (κ3) is 3.78. The maximum Gasteiger partial charge on any atom is 0.415 e. The van der Waals surface area contributed by atoms with Crippen molar-refractivity contribution in [2.45, 2.75) is 32.1 Å². The SMILES string of the molecule is CN(C(=O)OC(C)(C)C)c1nc(-c2ccccc2)c(CS)c2c1ncn2C. The molecule has 7 heteroatoms. The molecule has 0 aliphatic heterocycles. The molecule has 0 fully saturated rings. The maximum absolute atomic E-state index is 12.6. The van der Waals surface area contributed by atoms with E-state index in [1.807, 2.05) is 62.7 Å². The van der Waals surface area contributed by atoms with E-state index >= 15 is 0 Å². The molecule has 27 heavy (non-hydrogen) atoms. The van der Waals surface area contributed by atoms with Crippen LogP contribution in [0.1, 0.15) is 26.3 Å². The number of amides is 1. The second-order valence-electron chi connectivity index (χ2n) is 7.38. The number of rotatable bonds is 3. The van der Waals surface area contributed by atoms with Gasteiger partial charge in [0.15, 0.2) is 5.82 Å². The fraction of sp³-hybridized carbons (Fsp3) is 0.350. The molecule has 142 valence electrons.